The molecule has 1 fully saturated rings. The third kappa shape index (κ3) is 3.38. The topological polar surface area (TPSA) is 46.3 Å². The van der Waals surface area contributed by atoms with Crippen LogP contribution in [0.15, 0.2) is 0 Å². The normalized spacial score (nSPS) is 29.3. The van der Waals surface area contributed by atoms with Gasteiger partial charge in [0.25, 0.3) is 0 Å². The standard InChI is InChI=1S/C11H22N2OS/c1-7(2)10(12)11(14)13-5-8(3)15-9(4)6-13/h7-10H,5-6,12H2,1-4H3/t8?,9?,10-/m1/s1. The van der Waals surface area contributed by atoms with Gasteiger partial charge in [-0.3, -0.25) is 4.79 Å². The summed E-state index contributed by atoms with van der Waals surface area (Å²) in [5.41, 5.74) is 5.88. The molecule has 0 radical (unpaired) electrons. The fourth-order valence-electron chi connectivity index (χ4n) is 1.85. The van der Waals surface area contributed by atoms with Crippen molar-refractivity contribution in [3.05, 3.63) is 0 Å². The van der Waals surface area contributed by atoms with Crippen LogP contribution in [0, 0.1) is 5.92 Å². The number of hydrogen-bond donors (Lipinski definition) is 1. The van der Waals surface area contributed by atoms with Crippen molar-refractivity contribution in [1.29, 1.82) is 0 Å². The fourth-order valence-corrected chi connectivity index (χ4v) is 3.18. The van der Waals surface area contributed by atoms with Gasteiger partial charge in [0.15, 0.2) is 0 Å². The third-order valence-corrected chi connectivity index (χ3v) is 3.96. The van der Waals surface area contributed by atoms with E-state index < -0.39 is 0 Å². The van der Waals surface area contributed by atoms with Crippen LogP contribution in [-0.4, -0.2) is 40.4 Å². The first-order chi connectivity index (χ1) is 6.91. The van der Waals surface area contributed by atoms with Crippen molar-refractivity contribution in [3.63, 3.8) is 0 Å². The molecule has 1 aliphatic rings. The zero-order valence-corrected chi connectivity index (χ0v) is 10.9. The number of nitrogens with zero attached hydrogens (tertiary/aromatic N) is 1. The molecular weight excluding hydrogens is 208 g/mol. The molecule has 0 bridgehead atoms. The average Bonchev–Trinajstić information content (AvgIpc) is 2.13. The Morgan fingerprint density at radius 1 is 1.33 bits per heavy atom. The average molecular weight is 230 g/mol. The fraction of sp³-hybridized carbons (Fsp3) is 0.909. The van der Waals surface area contributed by atoms with Gasteiger partial charge in [-0.15, -0.1) is 0 Å². The molecule has 0 aromatic carbocycles. The van der Waals surface area contributed by atoms with Crippen LogP contribution in [0.4, 0.5) is 0 Å². The first-order valence-corrected chi connectivity index (χ1v) is 6.56. The monoisotopic (exact) mass is 230 g/mol. The van der Waals surface area contributed by atoms with Crippen LogP contribution in [0.25, 0.3) is 0 Å². The maximum atomic E-state index is 12.0. The van der Waals surface area contributed by atoms with Gasteiger partial charge >= 0.3 is 0 Å². The van der Waals surface area contributed by atoms with Gasteiger partial charge in [-0.1, -0.05) is 27.7 Å². The van der Waals surface area contributed by atoms with E-state index in [1.54, 1.807) is 0 Å². The van der Waals surface area contributed by atoms with E-state index in [2.05, 4.69) is 13.8 Å². The quantitative estimate of drug-likeness (QED) is 0.778. The summed E-state index contributed by atoms with van der Waals surface area (Å²) in [4.78, 5) is 13.9. The molecule has 0 aromatic rings. The van der Waals surface area contributed by atoms with Gasteiger partial charge < -0.3 is 10.6 Å². The number of rotatable bonds is 2. The molecule has 2 unspecified atom stereocenters. The van der Waals surface area contributed by atoms with Gasteiger partial charge in [-0.25, -0.2) is 0 Å². The first kappa shape index (κ1) is 12.8. The summed E-state index contributed by atoms with van der Waals surface area (Å²) in [6.07, 6.45) is 0. The van der Waals surface area contributed by atoms with Crippen molar-refractivity contribution in [1.82, 2.24) is 4.90 Å². The Balaban J connectivity index is 2.59. The highest BCUT2D eigenvalue weighted by Gasteiger charge is 2.29. The van der Waals surface area contributed by atoms with Crippen molar-refractivity contribution in [2.75, 3.05) is 13.1 Å². The largest absolute Gasteiger partial charge is 0.339 e. The number of hydrogen-bond acceptors (Lipinski definition) is 3. The minimum Gasteiger partial charge on any atom is -0.339 e. The Labute approximate surface area is 96.8 Å². The highest BCUT2D eigenvalue weighted by Crippen LogP contribution is 2.25. The molecular formula is C11H22N2OS. The maximum absolute atomic E-state index is 12.0. The van der Waals surface area contributed by atoms with Gasteiger partial charge in [0, 0.05) is 23.6 Å². The SMILES string of the molecule is CC1CN(C(=O)[C@H](N)C(C)C)CC(C)S1. The lowest BCUT2D eigenvalue weighted by molar-refractivity contribution is -0.133. The molecule has 3 nitrogen and oxygen atoms in total. The Hall–Kier alpha value is -0.220. The van der Waals surface area contributed by atoms with Crippen molar-refractivity contribution >= 4 is 17.7 Å². The van der Waals surface area contributed by atoms with Crippen LogP contribution in [0.1, 0.15) is 27.7 Å². The lowest BCUT2D eigenvalue weighted by Gasteiger charge is -2.36. The minimum atomic E-state index is -0.340. The van der Waals surface area contributed by atoms with Crippen molar-refractivity contribution < 1.29 is 4.79 Å². The lowest BCUT2D eigenvalue weighted by atomic mass is 10.0. The van der Waals surface area contributed by atoms with Crippen LogP contribution in [-0.2, 0) is 4.79 Å². The summed E-state index contributed by atoms with van der Waals surface area (Å²) in [6.45, 7) is 10.0. The smallest absolute Gasteiger partial charge is 0.239 e. The summed E-state index contributed by atoms with van der Waals surface area (Å²) < 4.78 is 0. The van der Waals surface area contributed by atoms with Crippen LogP contribution < -0.4 is 5.73 Å². The van der Waals surface area contributed by atoms with Crippen LogP contribution >= 0.6 is 11.8 Å². The van der Waals surface area contributed by atoms with E-state index in [0.717, 1.165) is 13.1 Å². The zero-order chi connectivity index (χ0) is 11.6. The van der Waals surface area contributed by atoms with Gasteiger partial charge in [0.2, 0.25) is 5.91 Å². The molecule has 15 heavy (non-hydrogen) atoms. The lowest BCUT2D eigenvalue weighted by Crippen LogP contribution is -2.52. The second-order valence-electron chi connectivity index (χ2n) is 4.77. The zero-order valence-electron chi connectivity index (χ0n) is 10.1. The van der Waals surface area contributed by atoms with Gasteiger partial charge in [0.05, 0.1) is 6.04 Å². The van der Waals surface area contributed by atoms with Crippen LogP contribution in [0.2, 0.25) is 0 Å². The molecule has 1 saturated heterocycles. The molecule has 88 valence electrons. The maximum Gasteiger partial charge on any atom is 0.239 e. The van der Waals surface area contributed by atoms with E-state index in [-0.39, 0.29) is 17.9 Å². The second kappa shape index (κ2) is 5.21. The number of amides is 1. The summed E-state index contributed by atoms with van der Waals surface area (Å²) >= 11 is 1.95. The van der Waals surface area contributed by atoms with Crippen molar-refractivity contribution in [2.45, 2.75) is 44.2 Å². The predicted molar refractivity (Wildman–Crippen MR) is 65.9 cm³/mol. The summed E-state index contributed by atoms with van der Waals surface area (Å²) in [6, 6.07) is -0.340. The summed E-state index contributed by atoms with van der Waals surface area (Å²) in [5, 5.41) is 1.05. The Morgan fingerprint density at radius 2 is 1.80 bits per heavy atom. The number of carbonyl (C=O) groups is 1. The van der Waals surface area contributed by atoms with Crippen LogP contribution in [0.5, 0.6) is 0 Å². The third-order valence-electron chi connectivity index (χ3n) is 2.73. The highest BCUT2D eigenvalue weighted by atomic mass is 32.2. The molecule has 2 N–H and O–H groups in total. The second-order valence-corrected chi connectivity index (χ2v) is 6.65. The Morgan fingerprint density at radius 3 is 2.20 bits per heavy atom. The van der Waals surface area contributed by atoms with E-state index in [1.165, 1.54) is 0 Å². The van der Waals surface area contributed by atoms with E-state index in [9.17, 15) is 4.79 Å². The van der Waals surface area contributed by atoms with E-state index in [1.807, 2.05) is 30.5 Å². The van der Waals surface area contributed by atoms with E-state index in [4.69, 9.17) is 5.73 Å². The number of carbonyl (C=O) groups excluding carboxylic acids is 1. The van der Waals surface area contributed by atoms with Gasteiger partial charge in [-0.05, 0) is 5.92 Å². The highest BCUT2D eigenvalue weighted by molar-refractivity contribution is 8.00. The van der Waals surface area contributed by atoms with Crippen molar-refractivity contribution in [2.24, 2.45) is 11.7 Å². The molecule has 1 heterocycles. The molecule has 0 aliphatic carbocycles. The number of thioether (sulfide) groups is 1. The van der Waals surface area contributed by atoms with E-state index >= 15 is 0 Å². The molecule has 1 rings (SSSR count). The Bertz CT molecular complexity index is 223. The first-order valence-electron chi connectivity index (χ1n) is 5.61. The molecule has 0 saturated carbocycles. The van der Waals surface area contributed by atoms with Crippen LogP contribution in [0.3, 0.4) is 0 Å². The minimum absolute atomic E-state index is 0.115. The molecule has 4 heteroatoms. The molecule has 1 aliphatic heterocycles. The van der Waals surface area contributed by atoms with Gasteiger partial charge in [-0.2, -0.15) is 11.8 Å². The summed E-state index contributed by atoms with van der Waals surface area (Å²) in [5.74, 6) is 0.335. The molecule has 0 spiro atoms. The summed E-state index contributed by atoms with van der Waals surface area (Å²) in [7, 11) is 0. The van der Waals surface area contributed by atoms with Gasteiger partial charge in [0.1, 0.15) is 0 Å². The van der Waals surface area contributed by atoms with E-state index in [0.29, 0.717) is 10.5 Å². The Kier molecular flexibility index (Phi) is 4.46. The molecule has 3 atom stereocenters. The predicted octanol–water partition coefficient (Wildman–Crippen LogP) is 1.32. The molecule has 1 amide bonds. The van der Waals surface area contributed by atoms with Crippen molar-refractivity contribution in [3.8, 4) is 0 Å². The number of nitrogens with two attached hydrogens (primary N) is 1. The molecule has 0 aromatic heterocycles.